The predicted octanol–water partition coefficient (Wildman–Crippen LogP) is 4.61. The molecule has 0 aliphatic carbocycles. The molecule has 2 aromatic rings. The lowest BCUT2D eigenvalue weighted by molar-refractivity contribution is 0.0502. The summed E-state index contributed by atoms with van der Waals surface area (Å²) < 4.78 is 15.9. The number of hydrogen-bond donors (Lipinski definition) is 1. The van der Waals surface area contributed by atoms with Crippen molar-refractivity contribution in [1.82, 2.24) is 4.98 Å². The van der Waals surface area contributed by atoms with Crippen LogP contribution in [0.3, 0.4) is 0 Å². The highest BCUT2D eigenvalue weighted by atomic mass is 35.5. The molecule has 0 bridgehead atoms. The Kier molecular flexibility index (Phi) is 9.92. The summed E-state index contributed by atoms with van der Waals surface area (Å²) in [5.41, 5.74) is 2.29. The van der Waals surface area contributed by atoms with E-state index in [9.17, 15) is 9.90 Å². The number of carbonyl (C=O) groups is 1. The van der Waals surface area contributed by atoms with Crippen LogP contribution in [0.1, 0.15) is 35.5 Å². The first-order valence-electron chi connectivity index (χ1n) is 8.79. The Balaban J connectivity index is 0.00000420. The third kappa shape index (κ3) is 6.62. The Morgan fingerprint density at radius 2 is 1.97 bits per heavy atom. The van der Waals surface area contributed by atoms with E-state index in [1.54, 1.807) is 30.5 Å². The fourth-order valence-corrected chi connectivity index (χ4v) is 2.54. The van der Waals surface area contributed by atoms with Gasteiger partial charge in [0.15, 0.2) is 12.6 Å². The van der Waals surface area contributed by atoms with E-state index in [1.165, 1.54) is 20.3 Å². The van der Waals surface area contributed by atoms with Crippen molar-refractivity contribution in [2.24, 2.45) is 0 Å². The fraction of sp³-hybridized carbons (Fsp3) is 0.273. The van der Waals surface area contributed by atoms with Gasteiger partial charge in [-0.2, -0.15) is 0 Å². The molecule has 0 saturated carbocycles. The lowest BCUT2D eigenvalue weighted by Crippen LogP contribution is -2.07. The lowest BCUT2D eigenvalue weighted by atomic mass is 9.99. The number of phenols is 1. The van der Waals surface area contributed by atoms with Gasteiger partial charge in [-0.1, -0.05) is 17.7 Å². The Hall–Kier alpha value is -2.83. The average Bonchev–Trinajstić information content (AvgIpc) is 2.69. The monoisotopic (exact) mass is 419 g/mol. The maximum Gasteiger partial charge on any atom is 0.193 e. The number of benzene rings is 1. The molecule has 2 rings (SSSR count). The summed E-state index contributed by atoms with van der Waals surface area (Å²) in [4.78, 5) is 16.9. The van der Waals surface area contributed by atoms with E-state index in [1.807, 2.05) is 26.0 Å². The number of hydrogen-bond acceptors (Lipinski definition) is 6. The number of ether oxygens (including phenoxy) is 3. The third-order valence-corrected chi connectivity index (χ3v) is 3.93. The van der Waals surface area contributed by atoms with Crippen LogP contribution in [0.5, 0.6) is 17.2 Å². The summed E-state index contributed by atoms with van der Waals surface area (Å²) in [5, 5.41) is 10.9. The highest BCUT2D eigenvalue weighted by molar-refractivity contribution is 6.11. The van der Waals surface area contributed by atoms with Gasteiger partial charge in [-0.05, 0) is 44.6 Å². The molecule has 6 nitrogen and oxygen atoms in total. The van der Waals surface area contributed by atoms with Gasteiger partial charge in [0.05, 0.1) is 12.8 Å². The van der Waals surface area contributed by atoms with Gasteiger partial charge in [0.2, 0.25) is 0 Å². The number of nitrogens with zero attached hydrogens (tertiary/aromatic N) is 1. The van der Waals surface area contributed by atoms with E-state index in [4.69, 9.17) is 14.2 Å². The van der Waals surface area contributed by atoms with E-state index in [2.05, 4.69) is 4.98 Å². The van der Waals surface area contributed by atoms with Crippen LogP contribution in [0.15, 0.2) is 48.2 Å². The fourth-order valence-electron chi connectivity index (χ4n) is 2.54. The second-order valence-electron chi connectivity index (χ2n) is 6.27. The molecule has 0 aliphatic heterocycles. The van der Waals surface area contributed by atoms with Gasteiger partial charge in [0, 0.05) is 24.9 Å². The molecule has 0 fully saturated rings. The molecule has 0 amide bonds. The van der Waals surface area contributed by atoms with Crippen molar-refractivity contribution in [2.45, 2.75) is 20.3 Å². The van der Waals surface area contributed by atoms with Crippen molar-refractivity contribution in [3.05, 3.63) is 65.0 Å². The van der Waals surface area contributed by atoms with E-state index < -0.39 is 5.78 Å². The van der Waals surface area contributed by atoms with Crippen LogP contribution in [0, 0.1) is 0 Å². The highest BCUT2D eigenvalue weighted by Gasteiger charge is 2.23. The number of ketones is 1. The SMILES string of the molecule is COCOc1cc(OC)c(C(=O)C=Cc2ccccn2)c(O)c1CC=C(C)C.Cl. The van der Waals surface area contributed by atoms with Crippen molar-refractivity contribution in [2.75, 3.05) is 21.0 Å². The molecule has 156 valence electrons. The predicted molar refractivity (Wildman–Crippen MR) is 115 cm³/mol. The quantitative estimate of drug-likeness (QED) is 0.277. The molecule has 1 N–H and O–H groups in total. The number of aromatic hydroxyl groups is 1. The van der Waals surface area contributed by atoms with Crippen LogP contribution in [0.25, 0.3) is 6.08 Å². The second kappa shape index (κ2) is 11.9. The summed E-state index contributed by atoms with van der Waals surface area (Å²) in [7, 11) is 2.94. The van der Waals surface area contributed by atoms with E-state index in [0.29, 0.717) is 23.4 Å². The van der Waals surface area contributed by atoms with Gasteiger partial charge >= 0.3 is 0 Å². The van der Waals surface area contributed by atoms with Gasteiger partial charge in [0.25, 0.3) is 0 Å². The number of pyridine rings is 1. The zero-order valence-electron chi connectivity index (χ0n) is 17.0. The summed E-state index contributed by atoms with van der Waals surface area (Å²) >= 11 is 0. The molecule has 1 aromatic heterocycles. The van der Waals surface area contributed by atoms with Crippen LogP contribution < -0.4 is 9.47 Å². The zero-order chi connectivity index (χ0) is 20.5. The lowest BCUT2D eigenvalue weighted by Gasteiger charge is -2.17. The maximum absolute atomic E-state index is 12.8. The van der Waals surface area contributed by atoms with E-state index >= 15 is 0 Å². The average molecular weight is 420 g/mol. The normalized spacial score (nSPS) is 10.3. The van der Waals surface area contributed by atoms with Gasteiger partial charge < -0.3 is 19.3 Å². The smallest absolute Gasteiger partial charge is 0.193 e. The number of phenolic OH excluding ortho intramolecular Hbond substituents is 1. The number of aromatic nitrogens is 1. The first-order chi connectivity index (χ1) is 13.5. The minimum atomic E-state index is -0.392. The van der Waals surface area contributed by atoms with Gasteiger partial charge in [0.1, 0.15) is 22.8 Å². The van der Waals surface area contributed by atoms with Crippen molar-refractivity contribution in [3.8, 4) is 17.2 Å². The first-order valence-corrected chi connectivity index (χ1v) is 8.79. The van der Waals surface area contributed by atoms with Crippen molar-refractivity contribution in [3.63, 3.8) is 0 Å². The number of methoxy groups -OCH3 is 2. The van der Waals surface area contributed by atoms with Crippen molar-refractivity contribution in [1.29, 1.82) is 0 Å². The van der Waals surface area contributed by atoms with Crippen LogP contribution in [0.4, 0.5) is 0 Å². The molecule has 0 atom stereocenters. The number of allylic oxidation sites excluding steroid dienone is 3. The van der Waals surface area contributed by atoms with Crippen LogP contribution in [-0.2, 0) is 11.2 Å². The molecule has 1 aromatic carbocycles. The Bertz CT molecular complexity index is 875. The Morgan fingerprint density at radius 3 is 2.55 bits per heavy atom. The summed E-state index contributed by atoms with van der Waals surface area (Å²) in [5.74, 6) is 0.0644. The minimum absolute atomic E-state index is 0. The topological polar surface area (TPSA) is 77.9 Å². The summed E-state index contributed by atoms with van der Waals surface area (Å²) in [6.07, 6.45) is 6.94. The number of carbonyl (C=O) groups excluding carboxylic acids is 1. The molecule has 0 aliphatic rings. The Morgan fingerprint density at radius 1 is 1.21 bits per heavy atom. The molecular formula is C22H26ClNO5. The van der Waals surface area contributed by atoms with Crippen LogP contribution in [0.2, 0.25) is 0 Å². The van der Waals surface area contributed by atoms with Crippen LogP contribution in [-0.4, -0.2) is 36.9 Å². The number of rotatable bonds is 9. The first kappa shape index (κ1) is 24.2. The highest BCUT2D eigenvalue weighted by Crippen LogP contribution is 2.39. The molecule has 1 heterocycles. The molecule has 7 heteroatoms. The molecule has 0 spiro atoms. The van der Waals surface area contributed by atoms with Gasteiger partial charge in [-0.3, -0.25) is 9.78 Å². The Labute approximate surface area is 177 Å². The second-order valence-corrected chi connectivity index (χ2v) is 6.27. The van der Waals surface area contributed by atoms with E-state index in [0.717, 1.165) is 5.57 Å². The molecule has 0 unspecified atom stereocenters. The molecule has 0 saturated heterocycles. The summed E-state index contributed by atoms with van der Waals surface area (Å²) in [6.45, 7) is 3.92. The summed E-state index contributed by atoms with van der Waals surface area (Å²) in [6, 6.07) is 6.99. The zero-order valence-corrected chi connectivity index (χ0v) is 17.8. The maximum atomic E-state index is 12.8. The molecule has 29 heavy (non-hydrogen) atoms. The van der Waals surface area contributed by atoms with Gasteiger partial charge in [-0.25, -0.2) is 0 Å². The van der Waals surface area contributed by atoms with Gasteiger partial charge in [-0.15, -0.1) is 12.4 Å². The van der Waals surface area contributed by atoms with Crippen molar-refractivity contribution >= 4 is 24.3 Å². The molecule has 0 radical (unpaired) electrons. The largest absolute Gasteiger partial charge is 0.507 e. The van der Waals surface area contributed by atoms with E-state index in [-0.39, 0.29) is 36.3 Å². The minimum Gasteiger partial charge on any atom is -0.507 e. The van der Waals surface area contributed by atoms with Crippen molar-refractivity contribution < 1.29 is 24.1 Å². The molecular weight excluding hydrogens is 394 g/mol. The third-order valence-electron chi connectivity index (χ3n) is 3.93. The van der Waals surface area contributed by atoms with Crippen LogP contribution >= 0.6 is 12.4 Å². The number of halogens is 1. The standard InChI is InChI=1S/C22H25NO5.ClH/c1-15(2)8-10-17-19(28-14-26-3)13-20(27-4)21(22(17)25)18(24)11-9-16-7-5-6-12-23-16;/h5-9,11-13,25H,10,14H2,1-4H3;1H.